The molecule has 2 heterocycles. The van der Waals surface area contributed by atoms with Crippen LogP contribution in [0.5, 0.6) is 0 Å². The predicted molar refractivity (Wildman–Crippen MR) is 74.1 cm³/mol. The van der Waals surface area contributed by atoms with E-state index in [0.29, 0.717) is 0 Å². The number of aromatic nitrogens is 4. The lowest BCUT2D eigenvalue weighted by molar-refractivity contribution is 0.835. The van der Waals surface area contributed by atoms with Crippen molar-refractivity contribution in [2.45, 2.75) is 13.8 Å². The van der Waals surface area contributed by atoms with Crippen molar-refractivity contribution < 1.29 is 0 Å². The second-order valence-corrected chi connectivity index (χ2v) is 4.51. The van der Waals surface area contributed by atoms with Crippen LogP contribution in [0.25, 0.3) is 16.9 Å². The zero-order chi connectivity index (χ0) is 13.2. The van der Waals surface area contributed by atoms with Crippen LogP contribution in [0.1, 0.15) is 11.3 Å². The van der Waals surface area contributed by atoms with E-state index in [-0.39, 0.29) is 0 Å². The normalized spacial score (nSPS) is 10.6. The summed E-state index contributed by atoms with van der Waals surface area (Å²) in [5.41, 5.74) is 4.45. The minimum absolute atomic E-state index is 0.785. The van der Waals surface area contributed by atoms with Crippen LogP contribution in [0.2, 0.25) is 0 Å². The van der Waals surface area contributed by atoms with Crippen LogP contribution in [0.3, 0.4) is 0 Å². The number of hydrogen-bond donors (Lipinski definition) is 0. The fraction of sp³-hybridized carbons (Fsp3) is 0.133. The molecular weight excluding hydrogens is 236 g/mol. The van der Waals surface area contributed by atoms with Crippen molar-refractivity contribution in [2.24, 2.45) is 0 Å². The van der Waals surface area contributed by atoms with Crippen LogP contribution >= 0.6 is 0 Å². The van der Waals surface area contributed by atoms with Gasteiger partial charge < -0.3 is 0 Å². The van der Waals surface area contributed by atoms with E-state index in [4.69, 9.17) is 0 Å². The zero-order valence-electron chi connectivity index (χ0n) is 10.9. The standard InChI is InChI=1S/C15H14N4/c1-11-5-3-4-6-14(11)13-8-18-19(9-13)15-7-12(2)16-10-17-15/h3-10H,1-2H3. The van der Waals surface area contributed by atoms with Crippen LogP contribution in [0.15, 0.2) is 49.1 Å². The van der Waals surface area contributed by atoms with Gasteiger partial charge in [0.25, 0.3) is 0 Å². The van der Waals surface area contributed by atoms with Crippen LogP contribution < -0.4 is 0 Å². The Bertz CT molecular complexity index is 715. The van der Waals surface area contributed by atoms with E-state index < -0.39 is 0 Å². The molecule has 0 bridgehead atoms. The van der Waals surface area contributed by atoms with E-state index in [9.17, 15) is 0 Å². The van der Waals surface area contributed by atoms with Gasteiger partial charge in [-0.1, -0.05) is 24.3 Å². The Morgan fingerprint density at radius 1 is 1.05 bits per heavy atom. The molecular formula is C15H14N4. The molecule has 0 amide bonds. The maximum absolute atomic E-state index is 4.37. The van der Waals surface area contributed by atoms with Gasteiger partial charge in [-0.15, -0.1) is 0 Å². The van der Waals surface area contributed by atoms with Crippen LogP contribution in [-0.2, 0) is 0 Å². The molecule has 0 radical (unpaired) electrons. The van der Waals surface area contributed by atoms with Crippen LogP contribution in [0.4, 0.5) is 0 Å². The molecule has 0 unspecified atom stereocenters. The van der Waals surface area contributed by atoms with Crippen molar-refractivity contribution in [3.05, 3.63) is 60.3 Å². The summed E-state index contributed by atoms with van der Waals surface area (Å²) in [7, 11) is 0. The SMILES string of the molecule is Cc1cc(-n2cc(-c3ccccc3C)cn2)ncn1. The largest absolute Gasteiger partial charge is 0.242 e. The molecule has 0 aliphatic heterocycles. The van der Waals surface area contributed by atoms with Gasteiger partial charge in [-0.05, 0) is 25.0 Å². The average Bonchev–Trinajstić information content (AvgIpc) is 2.89. The molecule has 0 aliphatic carbocycles. The van der Waals surface area contributed by atoms with E-state index in [0.717, 1.165) is 17.1 Å². The Labute approximate surface area is 111 Å². The Morgan fingerprint density at radius 2 is 1.89 bits per heavy atom. The van der Waals surface area contributed by atoms with Crippen LogP contribution in [-0.4, -0.2) is 19.7 Å². The molecule has 4 nitrogen and oxygen atoms in total. The van der Waals surface area contributed by atoms with E-state index >= 15 is 0 Å². The van der Waals surface area contributed by atoms with E-state index in [1.165, 1.54) is 11.1 Å². The third-order valence-corrected chi connectivity index (χ3v) is 3.06. The maximum Gasteiger partial charge on any atom is 0.156 e. The summed E-state index contributed by atoms with van der Waals surface area (Å²) in [6.45, 7) is 4.04. The summed E-state index contributed by atoms with van der Waals surface area (Å²) < 4.78 is 1.77. The second kappa shape index (κ2) is 4.65. The zero-order valence-corrected chi connectivity index (χ0v) is 10.9. The smallest absolute Gasteiger partial charge is 0.156 e. The van der Waals surface area contributed by atoms with Crippen molar-refractivity contribution in [3.63, 3.8) is 0 Å². The molecule has 1 aromatic carbocycles. The van der Waals surface area contributed by atoms with E-state index in [2.05, 4.69) is 34.1 Å². The molecule has 94 valence electrons. The molecule has 0 N–H and O–H groups in total. The number of nitrogens with zero attached hydrogens (tertiary/aromatic N) is 4. The molecule has 0 aliphatic rings. The topological polar surface area (TPSA) is 43.6 Å². The van der Waals surface area contributed by atoms with Crippen molar-refractivity contribution >= 4 is 0 Å². The fourth-order valence-electron chi connectivity index (χ4n) is 2.05. The van der Waals surface area contributed by atoms with Crippen molar-refractivity contribution in [1.29, 1.82) is 0 Å². The Hall–Kier alpha value is -2.49. The van der Waals surface area contributed by atoms with E-state index in [1.54, 1.807) is 11.0 Å². The molecule has 0 saturated heterocycles. The molecule has 0 spiro atoms. The first kappa shape index (κ1) is 11.6. The third kappa shape index (κ3) is 2.25. The molecule has 0 fully saturated rings. The van der Waals surface area contributed by atoms with Gasteiger partial charge in [-0.2, -0.15) is 5.10 Å². The fourth-order valence-corrected chi connectivity index (χ4v) is 2.05. The second-order valence-electron chi connectivity index (χ2n) is 4.51. The van der Waals surface area contributed by atoms with E-state index in [1.807, 2.05) is 37.5 Å². The summed E-state index contributed by atoms with van der Waals surface area (Å²) in [5, 5.41) is 4.37. The number of benzene rings is 1. The highest BCUT2D eigenvalue weighted by Crippen LogP contribution is 2.23. The highest BCUT2D eigenvalue weighted by Gasteiger charge is 2.06. The number of aryl methyl sites for hydroxylation is 2. The van der Waals surface area contributed by atoms with Gasteiger partial charge in [0.05, 0.1) is 6.20 Å². The lowest BCUT2D eigenvalue weighted by atomic mass is 10.0. The molecule has 3 aromatic rings. The first-order chi connectivity index (χ1) is 9.24. The number of rotatable bonds is 2. The van der Waals surface area contributed by atoms with Crippen LogP contribution in [0, 0.1) is 13.8 Å². The third-order valence-electron chi connectivity index (χ3n) is 3.06. The summed E-state index contributed by atoms with van der Waals surface area (Å²) >= 11 is 0. The summed E-state index contributed by atoms with van der Waals surface area (Å²) in [5.74, 6) is 0.785. The summed E-state index contributed by atoms with van der Waals surface area (Å²) in [4.78, 5) is 8.32. The Morgan fingerprint density at radius 3 is 2.68 bits per heavy atom. The molecule has 4 heteroatoms. The molecule has 2 aromatic heterocycles. The van der Waals surface area contributed by atoms with Gasteiger partial charge in [0.2, 0.25) is 0 Å². The molecule has 19 heavy (non-hydrogen) atoms. The monoisotopic (exact) mass is 250 g/mol. The lowest BCUT2D eigenvalue weighted by Gasteiger charge is -2.02. The maximum atomic E-state index is 4.37. The average molecular weight is 250 g/mol. The minimum atomic E-state index is 0.785. The van der Waals surface area contributed by atoms with Gasteiger partial charge >= 0.3 is 0 Å². The lowest BCUT2D eigenvalue weighted by Crippen LogP contribution is -1.98. The van der Waals surface area contributed by atoms with Crippen molar-refractivity contribution in [1.82, 2.24) is 19.7 Å². The highest BCUT2D eigenvalue weighted by molar-refractivity contribution is 5.65. The Balaban J connectivity index is 2.03. The van der Waals surface area contributed by atoms with Gasteiger partial charge in [-0.25, -0.2) is 14.6 Å². The minimum Gasteiger partial charge on any atom is -0.242 e. The summed E-state index contributed by atoms with van der Waals surface area (Å²) in [6, 6.07) is 10.2. The first-order valence-electron chi connectivity index (χ1n) is 6.14. The molecule has 0 saturated carbocycles. The van der Waals surface area contributed by atoms with Gasteiger partial charge in [0.1, 0.15) is 6.33 Å². The summed E-state index contributed by atoms with van der Waals surface area (Å²) in [6.07, 6.45) is 5.41. The highest BCUT2D eigenvalue weighted by atomic mass is 15.3. The molecule has 3 rings (SSSR count). The van der Waals surface area contributed by atoms with Gasteiger partial charge in [0.15, 0.2) is 5.82 Å². The van der Waals surface area contributed by atoms with Gasteiger partial charge in [-0.3, -0.25) is 0 Å². The van der Waals surface area contributed by atoms with Crippen molar-refractivity contribution in [3.8, 4) is 16.9 Å². The predicted octanol–water partition coefficient (Wildman–Crippen LogP) is 2.95. The quantitative estimate of drug-likeness (QED) is 0.702. The molecule has 0 atom stereocenters. The first-order valence-corrected chi connectivity index (χ1v) is 6.14. The van der Waals surface area contributed by atoms with Gasteiger partial charge in [0, 0.05) is 23.5 Å². The Kier molecular flexibility index (Phi) is 2.83. The number of hydrogen-bond acceptors (Lipinski definition) is 3. The van der Waals surface area contributed by atoms with Crippen molar-refractivity contribution in [2.75, 3.05) is 0 Å².